The number of rotatable bonds is 4. The van der Waals surface area contributed by atoms with Crippen molar-refractivity contribution in [3.05, 3.63) is 41.1 Å². The van der Waals surface area contributed by atoms with Gasteiger partial charge in [0.1, 0.15) is 0 Å². The van der Waals surface area contributed by atoms with E-state index in [0.717, 1.165) is 11.3 Å². The number of nitrogen functional groups attached to an aromatic ring is 1. The Hall–Kier alpha value is -2.08. The number of carbonyl (C=O) groups excluding carboxylic acids is 1. The SMILES string of the molecule is CCN1C(=S)N[C@H](c2ccc(N)cc2)C(C(=O)OC(C)C)=C1C. The Morgan fingerprint density at radius 2 is 2.00 bits per heavy atom. The lowest BCUT2D eigenvalue weighted by molar-refractivity contribution is -0.143. The zero-order chi connectivity index (χ0) is 17.1. The van der Waals surface area contributed by atoms with Crippen LogP contribution in [0.2, 0.25) is 0 Å². The number of benzene rings is 1. The van der Waals surface area contributed by atoms with E-state index in [4.69, 9.17) is 22.7 Å². The second-order valence-electron chi connectivity index (χ2n) is 5.75. The number of nitrogens with one attached hydrogen (secondary N) is 1. The summed E-state index contributed by atoms with van der Waals surface area (Å²) >= 11 is 5.44. The number of nitrogens with zero attached hydrogens (tertiary/aromatic N) is 1. The fourth-order valence-corrected chi connectivity index (χ4v) is 3.03. The van der Waals surface area contributed by atoms with E-state index in [9.17, 15) is 4.79 Å². The zero-order valence-electron chi connectivity index (χ0n) is 13.9. The van der Waals surface area contributed by atoms with E-state index in [2.05, 4.69) is 5.32 Å². The highest BCUT2D eigenvalue weighted by molar-refractivity contribution is 7.80. The number of thiocarbonyl (C=S) groups is 1. The lowest BCUT2D eigenvalue weighted by Crippen LogP contribution is -2.47. The Morgan fingerprint density at radius 3 is 2.52 bits per heavy atom. The smallest absolute Gasteiger partial charge is 0.338 e. The van der Waals surface area contributed by atoms with Gasteiger partial charge in [-0.25, -0.2) is 4.79 Å². The fraction of sp³-hybridized carbons (Fsp3) is 0.412. The second kappa shape index (κ2) is 7.00. The molecule has 0 saturated carbocycles. The van der Waals surface area contributed by atoms with E-state index < -0.39 is 0 Å². The van der Waals surface area contributed by atoms with Crippen LogP contribution in [-0.4, -0.2) is 28.6 Å². The summed E-state index contributed by atoms with van der Waals surface area (Å²) in [6.45, 7) is 8.25. The number of carbonyl (C=O) groups is 1. The Bertz CT molecular complexity index is 638. The van der Waals surface area contributed by atoms with E-state index in [1.807, 2.05) is 56.9 Å². The van der Waals surface area contributed by atoms with Crippen molar-refractivity contribution in [3.63, 3.8) is 0 Å². The van der Waals surface area contributed by atoms with Gasteiger partial charge in [-0.1, -0.05) is 12.1 Å². The molecule has 1 aromatic carbocycles. The third-order valence-electron chi connectivity index (χ3n) is 3.74. The minimum absolute atomic E-state index is 0.182. The number of hydrogen-bond donors (Lipinski definition) is 2. The first-order chi connectivity index (χ1) is 10.8. The molecule has 5 nitrogen and oxygen atoms in total. The van der Waals surface area contributed by atoms with Crippen LogP contribution in [0, 0.1) is 0 Å². The summed E-state index contributed by atoms with van der Waals surface area (Å²) in [4.78, 5) is 14.5. The van der Waals surface area contributed by atoms with Gasteiger partial charge in [0.2, 0.25) is 0 Å². The molecule has 6 heteroatoms. The zero-order valence-corrected chi connectivity index (χ0v) is 14.7. The van der Waals surface area contributed by atoms with Crippen LogP contribution in [0.3, 0.4) is 0 Å². The van der Waals surface area contributed by atoms with Gasteiger partial charge in [0.15, 0.2) is 5.11 Å². The highest BCUT2D eigenvalue weighted by atomic mass is 32.1. The Morgan fingerprint density at radius 1 is 1.39 bits per heavy atom. The molecule has 0 spiro atoms. The predicted molar refractivity (Wildman–Crippen MR) is 95.6 cm³/mol. The van der Waals surface area contributed by atoms with Crippen molar-refractivity contribution < 1.29 is 9.53 Å². The second-order valence-corrected chi connectivity index (χ2v) is 6.13. The monoisotopic (exact) mass is 333 g/mol. The molecule has 3 N–H and O–H groups in total. The number of anilines is 1. The summed E-state index contributed by atoms with van der Waals surface area (Å²) in [5.74, 6) is -0.326. The van der Waals surface area contributed by atoms with Crippen molar-refractivity contribution in [1.82, 2.24) is 10.2 Å². The Balaban J connectivity index is 2.49. The van der Waals surface area contributed by atoms with E-state index >= 15 is 0 Å². The molecular formula is C17H23N3O2S. The first-order valence-corrected chi connectivity index (χ1v) is 8.11. The minimum atomic E-state index is -0.336. The molecule has 1 aliphatic heterocycles. The van der Waals surface area contributed by atoms with Crippen LogP contribution in [0.15, 0.2) is 35.5 Å². The number of hydrogen-bond acceptors (Lipinski definition) is 4. The normalized spacial score (nSPS) is 18.2. The lowest BCUT2D eigenvalue weighted by atomic mass is 9.95. The fourth-order valence-electron chi connectivity index (χ4n) is 2.64. The molecular weight excluding hydrogens is 310 g/mol. The van der Waals surface area contributed by atoms with Crippen LogP contribution >= 0.6 is 12.2 Å². The van der Waals surface area contributed by atoms with Gasteiger partial charge in [-0.05, 0) is 57.6 Å². The van der Waals surface area contributed by atoms with Crippen LogP contribution in [0.5, 0.6) is 0 Å². The average molecular weight is 333 g/mol. The molecule has 1 atom stereocenters. The van der Waals surface area contributed by atoms with E-state index in [1.54, 1.807) is 0 Å². The lowest BCUT2D eigenvalue weighted by Gasteiger charge is -2.37. The van der Waals surface area contributed by atoms with Crippen LogP contribution in [-0.2, 0) is 9.53 Å². The predicted octanol–water partition coefficient (Wildman–Crippen LogP) is 2.75. The molecule has 1 heterocycles. The molecule has 23 heavy (non-hydrogen) atoms. The highest BCUT2D eigenvalue weighted by Crippen LogP contribution is 2.31. The van der Waals surface area contributed by atoms with Crippen molar-refractivity contribution >= 4 is 29.0 Å². The third-order valence-corrected chi connectivity index (χ3v) is 4.08. The summed E-state index contributed by atoms with van der Waals surface area (Å²) < 4.78 is 5.43. The van der Waals surface area contributed by atoms with Gasteiger partial charge in [-0.3, -0.25) is 0 Å². The molecule has 0 amide bonds. The third kappa shape index (κ3) is 3.64. The molecule has 124 valence electrons. The molecule has 0 aliphatic carbocycles. The van der Waals surface area contributed by atoms with Gasteiger partial charge in [0.25, 0.3) is 0 Å². The number of ether oxygens (including phenoxy) is 1. The van der Waals surface area contributed by atoms with Crippen molar-refractivity contribution in [2.24, 2.45) is 0 Å². The van der Waals surface area contributed by atoms with Gasteiger partial charge in [0.05, 0.1) is 17.7 Å². The Labute approximate surface area is 142 Å². The molecule has 2 rings (SSSR count). The van der Waals surface area contributed by atoms with Crippen molar-refractivity contribution in [1.29, 1.82) is 0 Å². The summed E-state index contributed by atoms with van der Waals surface area (Å²) in [5.41, 5.74) is 8.76. The Kier molecular flexibility index (Phi) is 5.26. The van der Waals surface area contributed by atoms with Gasteiger partial charge in [-0.15, -0.1) is 0 Å². The van der Waals surface area contributed by atoms with Crippen LogP contribution in [0.25, 0.3) is 0 Å². The standard InChI is InChI=1S/C17H23N3O2S/c1-5-20-11(4)14(16(21)22-10(2)3)15(19-17(20)23)12-6-8-13(18)9-7-12/h6-10,15H,5,18H2,1-4H3,(H,19,23)/t15-/m1/s1. The molecule has 0 unspecified atom stereocenters. The summed E-state index contributed by atoms with van der Waals surface area (Å²) in [6.07, 6.45) is -0.182. The van der Waals surface area contributed by atoms with Crippen LogP contribution < -0.4 is 11.1 Å². The molecule has 0 bridgehead atoms. The minimum Gasteiger partial charge on any atom is -0.459 e. The maximum Gasteiger partial charge on any atom is 0.338 e. The topological polar surface area (TPSA) is 67.6 Å². The molecule has 0 radical (unpaired) electrons. The number of esters is 1. The van der Waals surface area contributed by atoms with E-state index in [1.165, 1.54) is 0 Å². The van der Waals surface area contributed by atoms with E-state index in [0.29, 0.717) is 22.9 Å². The van der Waals surface area contributed by atoms with Gasteiger partial charge < -0.3 is 20.7 Å². The van der Waals surface area contributed by atoms with Gasteiger partial charge >= 0.3 is 5.97 Å². The summed E-state index contributed by atoms with van der Waals surface area (Å²) in [5, 5.41) is 3.85. The van der Waals surface area contributed by atoms with Gasteiger partial charge in [0, 0.05) is 17.9 Å². The summed E-state index contributed by atoms with van der Waals surface area (Å²) in [7, 11) is 0. The highest BCUT2D eigenvalue weighted by Gasteiger charge is 2.34. The maximum absolute atomic E-state index is 12.6. The molecule has 0 saturated heterocycles. The molecule has 0 fully saturated rings. The number of nitrogens with two attached hydrogens (primary N) is 1. The van der Waals surface area contributed by atoms with Crippen molar-refractivity contribution in [3.8, 4) is 0 Å². The molecule has 0 aromatic heterocycles. The average Bonchev–Trinajstić information content (AvgIpc) is 2.46. The maximum atomic E-state index is 12.6. The van der Waals surface area contributed by atoms with Crippen LogP contribution in [0.4, 0.5) is 5.69 Å². The van der Waals surface area contributed by atoms with E-state index in [-0.39, 0.29) is 18.1 Å². The van der Waals surface area contributed by atoms with Crippen LogP contribution in [0.1, 0.15) is 39.3 Å². The van der Waals surface area contributed by atoms with Crippen molar-refractivity contribution in [2.75, 3.05) is 12.3 Å². The molecule has 1 aromatic rings. The quantitative estimate of drug-likeness (QED) is 0.502. The molecule has 1 aliphatic rings. The van der Waals surface area contributed by atoms with Gasteiger partial charge in [-0.2, -0.15) is 0 Å². The first-order valence-electron chi connectivity index (χ1n) is 7.70. The number of allylic oxidation sites excluding steroid dienone is 1. The largest absolute Gasteiger partial charge is 0.459 e. The summed E-state index contributed by atoms with van der Waals surface area (Å²) in [6, 6.07) is 7.08. The first kappa shape index (κ1) is 17.3. The van der Waals surface area contributed by atoms with Crippen molar-refractivity contribution in [2.45, 2.75) is 39.8 Å².